The van der Waals surface area contributed by atoms with Crippen LogP contribution in [0.2, 0.25) is 0 Å². The molecule has 0 atom stereocenters. The standard InChI is InChI=1S/C22H20FN5/c1-14-24-19(16-7-3-4-8-17(16)23)11-21(25-14)28-12-15(13-28)22-26-18-9-5-6-10-20(18)27(22)2/h3-11,15H,12-13H2,1-2H3. The summed E-state index contributed by atoms with van der Waals surface area (Å²) in [6, 6.07) is 16.8. The van der Waals surface area contributed by atoms with Crippen molar-refractivity contribution in [3.8, 4) is 11.3 Å². The van der Waals surface area contributed by atoms with Gasteiger partial charge in [-0.2, -0.15) is 0 Å². The number of aromatic nitrogens is 4. The minimum atomic E-state index is -0.271. The number of para-hydroxylation sites is 2. The molecule has 4 aromatic rings. The van der Waals surface area contributed by atoms with Gasteiger partial charge in [-0.3, -0.25) is 0 Å². The molecule has 1 fully saturated rings. The average Bonchev–Trinajstić information content (AvgIpc) is 2.97. The van der Waals surface area contributed by atoms with Gasteiger partial charge in [0.2, 0.25) is 0 Å². The fraction of sp³-hybridized carbons (Fsp3) is 0.227. The summed E-state index contributed by atoms with van der Waals surface area (Å²) in [4.78, 5) is 16.0. The molecule has 5 rings (SSSR count). The Balaban J connectivity index is 1.42. The minimum absolute atomic E-state index is 0.271. The lowest BCUT2D eigenvalue weighted by Crippen LogP contribution is -2.46. The highest BCUT2D eigenvalue weighted by molar-refractivity contribution is 5.76. The molecule has 6 heteroatoms. The van der Waals surface area contributed by atoms with E-state index in [2.05, 4.69) is 32.5 Å². The molecule has 0 amide bonds. The molecule has 1 aliphatic rings. The molecule has 0 bridgehead atoms. The van der Waals surface area contributed by atoms with Crippen molar-refractivity contribution in [2.45, 2.75) is 12.8 Å². The summed E-state index contributed by atoms with van der Waals surface area (Å²) in [6.07, 6.45) is 0. The van der Waals surface area contributed by atoms with E-state index in [9.17, 15) is 4.39 Å². The first-order valence-corrected chi connectivity index (χ1v) is 9.37. The van der Waals surface area contributed by atoms with Crippen LogP contribution in [0.15, 0.2) is 54.6 Å². The number of hydrogen-bond acceptors (Lipinski definition) is 4. The Morgan fingerprint density at radius 1 is 0.964 bits per heavy atom. The van der Waals surface area contributed by atoms with Crippen molar-refractivity contribution < 1.29 is 4.39 Å². The predicted octanol–water partition coefficient (Wildman–Crippen LogP) is 4.08. The topological polar surface area (TPSA) is 46.8 Å². The zero-order chi connectivity index (χ0) is 19.3. The molecule has 3 heterocycles. The monoisotopic (exact) mass is 373 g/mol. The Hall–Kier alpha value is -3.28. The predicted molar refractivity (Wildman–Crippen MR) is 108 cm³/mol. The van der Waals surface area contributed by atoms with Gasteiger partial charge in [-0.1, -0.05) is 24.3 Å². The number of benzene rings is 2. The first-order valence-electron chi connectivity index (χ1n) is 9.37. The molecule has 2 aromatic heterocycles. The summed E-state index contributed by atoms with van der Waals surface area (Å²) in [5.41, 5.74) is 3.29. The maximum absolute atomic E-state index is 14.2. The molecule has 0 saturated carbocycles. The molecule has 28 heavy (non-hydrogen) atoms. The second-order valence-corrected chi connectivity index (χ2v) is 7.26. The second-order valence-electron chi connectivity index (χ2n) is 7.26. The van der Waals surface area contributed by atoms with E-state index >= 15 is 0 Å². The largest absolute Gasteiger partial charge is 0.355 e. The summed E-state index contributed by atoms with van der Waals surface area (Å²) < 4.78 is 16.4. The number of rotatable bonds is 3. The molecule has 0 spiro atoms. The van der Waals surface area contributed by atoms with Gasteiger partial charge < -0.3 is 9.47 Å². The second kappa shape index (κ2) is 6.41. The summed E-state index contributed by atoms with van der Waals surface area (Å²) in [6.45, 7) is 3.52. The number of fused-ring (bicyclic) bond motifs is 1. The quantitative estimate of drug-likeness (QED) is 0.543. The van der Waals surface area contributed by atoms with Crippen molar-refractivity contribution in [3.05, 3.63) is 72.1 Å². The van der Waals surface area contributed by atoms with Crippen molar-refractivity contribution in [3.63, 3.8) is 0 Å². The maximum Gasteiger partial charge on any atom is 0.132 e. The molecule has 0 aliphatic carbocycles. The number of nitrogens with zero attached hydrogens (tertiary/aromatic N) is 5. The number of hydrogen-bond donors (Lipinski definition) is 0. The highest BCUT2D eigenvalue weighted by atomic mass is 19.1. The molecule has 140 valence electrons. The van der Waals surface area contributed by atoms with Crippen LogP contribution in [0.1, 0.15) is 17.6 Å². The third kappa shape index (κ3) is 2.72. The first-order chi connectivity index (χ1) is 13.6. The molecule has 5 nitrogen and oxygen atoms in total. The average molecular weight is 373 g/mol. The van der Waals surface area contributed by atoms with E-state index in [0.29, 0.717) is 23.0 Å². The molecule has 2 aromatic carbocycles. The third-order valence-corrected chi connectivity index (χ3v) is 5.37. The van der Waals surface area contributed by atoms with Crippen LogP contribution < -0.4 is 4.90 Å². The van der Waals surface area contributed by atoms with Crippen molar-refractivity contribution in [1.82, 2.24) is 19.5 Å². The highest BCUT2D eigenvalue weighted by Crippen LogP contribution is 2.33. The van der Waals surface area contributed by atoms with Gasteiger partial charge in [-0.05, 0) is 31.2 Å². The SMILES string of the molecule is Cc1nc(-c2ccccc2F)cc(N2CC(c3nc4ccccc4n3C)C2)n1. The molecule has 1 saturated heterocycles. The van der Waals surface area contributed by atoms with Gasteiger partial charge in [0.1, 0.15) is 23.3 Å². The van der Waals surface area contributed by atoms with Crippen molar-refractivity contribution >= 4 is 16.9 Å². The van der Waals surface area contributed by atoms with Gasteiger partial charge >= 0.3 is 0 Å². The van der Waals surface area contributed by atoms with Gasteiger partial charge in [0.05, 0.1) is 22.6 Å². The molecule has 0 N–H and O–H groups in total. The zero-order valence-corrected chi connectivity index (χ0v) is 15.8. The molecule has 0 unspecified atom stereocenters. The van der Waals surface area contributed by atoms with E-state index in [-0.39, 0.29) is 5.82 Å². The Labute approximate surface area is 162 Å². The highest BCUT2D eigenvalue weighted by Gasteiger charge is 2.33. The van der Waals surface area contributed by atoms with Gasteiger partial charge in [0.15, 0.2) is 0 Å². The van der Waals surface area contributed by atoms with E-state index in [4.69, 9.17) is 4.98 Å². The Kier molecular flexibility index (Phi) is 3.86. The summed E-state index contributed by atoms with van der Waals surface area (Å²) in [5, 5.41) is 0. The molecule has 0 radical (unpaired) electrons. The van der Waals surface area contributed by atoms with E-state index in [0.717, 1.165) is 35.8 Å². The van der Waals surface area contributed by atoms with Crippen LogP contribution in [0.3, 0.4) is 0 Å². The van der Waals surface area contributed by atoms with Crippen molar-refractivity contribution in [1.29, 1.82) is 0 Å². The molecular weight excluding hydrogens is 353 g/mol. The summed E-state index contributed by atoms with van der Waals surface area (Å²) >= 11 is 0. The summed E-state index contributed by atoms with van der Waals surface area (Å²) in [7, 11) is 2.07. The van der Waals surface area contributed by atoms with Gasteiger partial charge in [0, 0.05) is 31.8 Å². The van der Waals surface area contributed by atoms with Crippen molar-refractivity contribution in [2.24, 2.45) is 7.05 Å². The Morgan fingerprint density at radius 3 is 2.50 bits per heavy atom. The first kappa shape index (κ1) is 16.9. The van der Waals surface area contributed by atoms with Crippen LogP contribution in [0.4, 0.5) is 10.2 Å². The zero-order valence-electron chi connectivity index (χ0n) is 15.8. The Morgan fingerprint density at radius 2 is 1.71 bits per heavy atom. The van der Waals surface area contributed by atoms with Crippen LogP contribution in [0.5, 0.6) is 0 Å². The fourth-order valence-corrected chi connectivity index (χ4v) is 3.88. The lowest BCUT2D eigenvalue weighted by Gasteiger charge is -2.39. The lowest BCUT2D eigenvalue weighted by molar-refractivity contribution is 0.485. The number of halogens is 1. The molecular formula is C22H20FN5. The van der Waals surface area contributed by atoms with E-state index in [1.165, 1.54) is 6.07 Å². The number of imidazole rings is 1. The van der Waals surface area contributed by atoms with E-state index in [1.807, 2.05) is 37.3 Å². The third-order valence-electron chi connectivity index (χ3n) is 5.37. The van der Waals surface area contributed by atoms with Crippen LogP contribution in [0.25, 0.3) is 22.3 Å². The van der Waals surface area contributed by atoms with Gasteiger partial charge in [-0.15, -0.1) is 0 Å². The molecule has 1 aliphatic heterocycles. The summed E-state index contributed by atoms with van der Waals surface area (Å²) in [5.74, 6) is 2.65. The number of anilines is 1. The van der Waals surface area contributed by atoms with Crippen LogP contribution in [0, 0.1) is 12.7 Å². The van der Waals surface area contributed by atoms with Gasteiger partial charge in [0.25, 0.3) is 0 Å². The van der Waals surface area contributed by atoms with E-state index in [1.54, 1.807) is 12.1 Å². The van der Waals surface area contributed by atoms with Gasteiger partial charge in [-0.25, -0.2) is 19.3 Å². The maximum atomic E-state index is 14.2. The normalized spacial score (nSPS) is 14.5. The van der Waals surface area contributed by atoms with Crippen molar-refractivity contribution in [2.75, 3.05) is 18.0 Å². The van der Waals surface area contributed by atoms with Crippen LogP contribution in [-0.4, -0.2) is 32.6 Å². The lowest BCUT2D eigenvalue weighted by atomic mass is 9.99. The number of aryl methyl sites for hydroxylation is 2. The fourth-order valence-electron chi connectivity index (χ4n) is 3.88. The van der Waals surface area contributed by atoms with Crippen LogP contribution >= 0.6 is 0 Å². The van der Waals surface area contributed by atoms with E-state index < -0.39 is 0 Å². The Bertz CT molecular complexity index is 1180. The smallest absolute Gasteiger partial charge is 0.132 e. The minimum Gasteiger partial charge on any atom is -0.355 e. The van der Waals surface area contributed by atoms with Crippen LogP contribution in [-0.2, 0) is 7.05 Å².